The quantitative estimate of drug-likeness (QED) is 0.924. The molecule has 0 aromatic heterocycles. The maximum absolute atomic E-state index is 12.1. The number of ketones is 1. The van der Waals surface area contributed by atoms with Gasteiger partial charge in [0.25, 0.3) is 0 Å². The molecule has 21 heavy (non-hydrogen) atoms. The van der Waals surface area contributed by atoms with Crippen molar-refractivity contribution in [2.45, 2.75) is 40.0 Å². The van der Waals surface area contributed by atoms with Crippen LogP contribution in [0.3, 0.4) is 0 Å². The topological polar surface area (TPSA) is 32.3 Å². The molecule has 0 unspecified atom stereocenters. The number of carbonyl (C=O) groups excluding carboxylic acids is 1. The van der Waals surface area contributed by atoms with Crippen LogP contribution >= 0.6 is 0 Å². The summed E-state index contributed by atoms with van der Waals surface area (Å²) >= 11 is 0. The second-order valence-corrected chi connectivity index (χ2v) is 5.79. The maximum atomic E-state index is 12.1. The highest BCUT2D eigenvalue weighted by Gasteiger charge is 2.30. The third kappa shape index (κ3) is 4.31. The minimum absolute atomic E-state index is 0.358. The number of hydrogen-bond donors (Lipinski definition) is 1. The van der Waals surface area contributed by atoms with E-state index in [-0.39, 0.29) is 0 Å². The summed E-state index contributed by atoms with van der Waals surface area (Å²) < 4.78 is 0. The maximum Gasteiger partial charge on any atom is 0.140 e. The fraction of sp³-hybridized carbons (Fsp3) is 0.611. The highest BCUT2D eigenvalue weighted by Crippen LogP contribution is 2.32. The van der Waals surface area contributed by atoms with Crippen molar-refractivity contribution in [1.29, 1.82) is 0 Å². The van der Waals surface area contributed by atoms with Crippen molar-refractivity contribution >= 4 is 11.5 Å². The Morgan fingerprint density at radius 2 is 1.90 bits per heavy atom. The lowest BCUT2D eigenvalue weighted by Crippen LogP contribution is -2.44. The van der Waals surface area contributed by atoms with Crippen molar-refractivity contribution in [3.05, 3.63) is 29.3 Å². The number of Topliss-reactive ketones (excluding diaryl/α,β-unsaturated/α-hetero) is 1. The number of anilines is 1. The summed E-state index contributed by atoms with van der Waals surface area (Å²) in [5, 5.41) is 3.38. The minimum atomic E-state index is 0.358. The third-order valence-electron chi connectivity index (χ3n) is 4.09. The van der Waals surface area contributed by atoms with E-state index < -0.39 is 0 Å². The summed E-state index contributed by atoms with van der Waals surface area (Å²) in [7, 11) is 0. The molecule has 1 heterocycles. The second kappa shape index (κ2) is 7.60. The van der Waals surface area contributed by atoms with E-state index in [0.29, 0.717) is 18.1 Å². The van der Waals surface area contributed by atoms with Crippen molar-refractivity contribution < 1.29 is 4.79 Å². The molecule has 116 valence electrons. The fourth-order valence-corrected chi connectivity index (χ4v) is 2.81. The van der Waals surface area contributed by atoms with Crippen LogP contribution in [0.25, 0.3) is 0 Å². The van der Waals surface area contributed by atoms with E-state index in [1.54, 1.807) is 0 Å². The van der Waals surface area contributed by atoms with Gasteiger partial charge in [0, 0.05) is 44.2 Å². The number of carbonyl (C=O) groups is 1. The summed E-state index contributed by atoms with van der Waals surface area (Å²) in [5.41, 5.74) is 3.73. The summed E-state index contributed by atoms with van der Waals surface area (Å²) in [6.45, 7) is 10.2. The number of nitrogens with one attached hydrogen (secondary N) is 1. The lowest BCUT2D eigenvalue weighted by atomic mass is 10.0. The number of rotatable bonds is 4. The SMILES string of the molecule is CC.Cc1ccc(N2CCNCC2)c(CC(=O)C2CC2)c1. The van der Waals surface area contributed by atoms with Gasteiger partial charge in [-0.05, 0) is 31.4 Å². The van der Waals surface area contributed by atoms with E-state index in [9.17, 15) is 4.79 Å². The average Bonchev–Trinajstić information content (AvgIpc) is 3.35. The molecular formula is C18H28N2O. The second-order valence-electron chi connectivity index (χ2n) is 5.79. The Bertz CT molecular complexity index is 474. The van der Waals surface area contributed by atoms with E-state index in [1.165, 1.54) is 16.8 Å². The number of aryl methyl sites for hydroxylation is 1. The van der Waals surface area contributed by atoms with Gasteiger partial charge in [-0.15, -0.1) is 0 Å². The Morgan fingerprint density at radius 1 is 1.24 bits per heavy atom. The molecule has 3 heteroatoms. The van der Waals surface area contributed by atoms with Gasteiger partial charge in [0.05, 0.1) is 0 Å². The number of nitrogens with zero attached hydrogens (tertiary/aromatic N) is 1. The molecule has 3 nitrogen and oxygen atoms in total. The smallest absolute Gasteiger partial charge is 0.140 e. The minimum Gasteiger partial charge on any atom is -0.369 e. The molecule has 1 saturated heterocycles. The molecule has 1 aliphatic heterocycles. The first-order valence-electron chi connectivity index (χ1n) is 8.32. The van der Waals surface area contributed by atoms with Crippen molar-refractivity contribution in [2.75, 3.05) is 31.1 Å². The van der Waals surface area contributed by atoms with Crippen molar-refractivity contribution in [3.63, 3.8) is 0 Å². The van der Waals surface area contributed by atoms with Gasteiger partial charge in [0.15, 0.2) is 0 Å². The van der Waals surface area contributed by atoms with Crippen LogP contribution in [0.2, 0.25) is 0 Å². The molecule has 2 aliphatic rings. The molecular weight excluding hydrogens is 260 g/mol. The van der Waals surface area contributed by atoms with Gasteiger partial charge in [-0.3, -0.25) is 4.79 Å². The molecule has 0 radical (unpaired) electrons. The summed E-state index contributed by atoms with van der Waals surface area (Å²) in [6, 6.07) is 6.54. The van der Waals surface area contributed by atoms with Gasteiger partial charge in [0.1, 0.15) is 5.78 Å². The molecule has 1 N–H and O–H groups in total. The highest BCUT2D eigenvalue weighted by molar-refractivity contribution is 5.86. The lowest BCUT2D eigenvalue weighted by Gasteiger charge is -2.31. The van der Waals surface area contributed by atoms with Crippen LogP contribution in [-0.2, 0) is 11.2 Å². The Balaban J connectivity index is 0.000000774. The molecule has 1 aromatic carbocycles. The van der Waals surface area contributed by atoms with Gasteiger partial charge in [-0.1, -0.05) is 31.5 Å². The first-order valence-corrected chi connectivity index (χ1v) is 8.32. The van der Waals surface area contributed by atoms with Crippen LogP contribution in [-0.4, -0.2) is 32.0 Å². The summed E-state index contributed by atoms with van der Waals surface area (Å²) in [5.74, 6) is 0.790. The van der Waals surface area contributed by atoms with E-state index >= 15 is 0 Å². The van der Waals surface area contributed by atoms with Crippen molar-refractivity contribution in [2.24, 2.45) is 5.92 Å². The fourth-order valence-electron chi connectivity index (χ4n) is 2.81. The van der Waals surface area contributed by atoms with Crippen molar-refractivity contribution in [3.8, 4) is 0 Å². The van der Waals surface area contributed by atoms with E-state index in [0.717, 1.165) is 39.0 Å². The van der Waals surface area contributed by atoms with E-state index in [1.807, 2.05) is 13.8 Å². The number of benzene rings is 1. The highest BCUT2D eigenvalue weighted by atomic mass is 16.1. The van der Waals surface area contributed by atoms with Gasteiger partial charge < -0.3 is 10.2 Å². The van der Waals surface area contributed by atoms with Crippen LogP contribution in [0.15, 0.2) is 18.2 Å². The third-order valence-corrected chi connectivity index (χ3v) is 4.09. The van der Waals surface area contributed by atoms with E-state index in [4.69, 9.17) is 0 Å². The molecule has 1 aliphatic carbocycles. The van der Waals surface area contributed by atoms with E-state index in [2.05, 4.69) is 35.3 Å². The molecule has 3 rings (SSSR count). The normalized spacial score (nSPS) is 18.0. The zero-order valence-corrected chi connectivity index (χ0v) is 13.6. The van der Waals surface area contributed by atoms with Gasteiger partial charge >= 0.3 is 0 Å². The number of piperazine rings is 1. The molecule has 1 aromatic rings. The Labute approximate surface area is 128 Å². The average molecular weight is 288 g/mol. The van der Waals surface area contributed by atoms with Crippen LogP contribution in [0.1, 0.15) is 37.8 Å². The molecule has 0 amide bonds. The zero-order valence-electron chi connectivity index (χ0n) is 13.6. The molecule has 0 spiro atoms. The molecule has 0 bridgehead atoms. The molecule has 0 atom stereocenters. The predicted octanol–water partition coefficient (Wildman–Crippen LogP) is 2.95. The number of hydrogen-bond acceptors (Lipinski definition) is 3. The first-order chi connectivity index (χ1) is 10.2. The Kier molecular flexibility index (Phi) is 5.80. The van der Waals surface area contributed by atoms with Gasteiger partial charge in [0.2, 0.25) is 0 Å². The predicted molar refractivity (Wildman–Crippen MR) is 89.0 cm³/mol. The molecule has 2 fully saturated rings. The monoisotopic (exact) mass is 288 g/mol. The van der Waals surface area contributed by atoms with Crippen LogP contribution in [0.5, 0.6) is 0 Å². The van der Waals surface area contributed by atoms with Crippen molar-refractivity contribution in [1.82, 2.24) is 5.32 Å². The van der Waals surface area contributed by atoms with Crippen LogP contribution in [0, 0.1) is 12.8 Å². The lowest BCUT2D eigenvalue weighted by molar-refractivity contribution is -0.119. The molecule has 1 saturated carbocycles. The first kappa shape index (κ1) is 16.0. The largest absolute Gasteiger partial charge is 0.369 e. The summed E-state index contributed by atoms with van der Waals surface area (Å²) in [6.07, 6.45) is 2.83. The Hall–Kier alpha value is -1.35. The Morgan fingerprint density at radius 3 is 2.52 bits per heavy atom. The van der Waals surface area contributed by atoms with Gasteiger partial charge in [-0.25, -0.2) is 0 Å². The standard InChI is InChI=1S/C16H22N2O.C2H6/c1-12-2-5-15(18-8-6-17-7-9-18)14(10-12)11-16(19)13-3-4-13;1-2/h2,5,10,13,17H,3-4,6-9,11H2,1H3;1-2H3. The van der Waals surface area contributed by atoms with Gasteiger partial charge in [-0.2, -0.15) is 0 Å². The van der Waals surface area contributed by atoms with Crippen LogP contribution in [0.4, 0.5) is 5.69 Å². The summed E-state index contributed by atoms with van der Waals surface area (Å²) in [4.78, 5) is 14.5. The zero-order chi connectivity index (χ0) is 15.2. The van der Waals surface area contributed by atoms with Crippen LogP contribution < -0.4 is 10.2 Å².